The monoisotopic (exact) mass is 417 g/mol. The fourth-order valence-electron chi connectivity index (χ4n) is 3.54. The van der Waals surface area contributed by atoms with Crippen molar-refractivity contribution in [3.8, 4) is 11.5 Å². The summed E-state index contributed by atoms with van der Waals surface area (Å²) < 4.78 is 10.7. The molecule has 1 fully saturated rings. The molecule has 1 aliphatic heterocycles. The summed E-state index contributed by atoms with van der Waals surface area (Å²) >= 11 is 0. The molecule has 1 saturated heterocycles. The van der Waals surface area contributed by atoms with E-state index >= 15 is 0 Å². The summed E-state index contributed by atoms with van der Waals surface area (Å²) in [6, 6.07) is 14.3. The van der Waals surface area contributed by atoms with Gasteiger partial charge in [-0.15, -0.1) is 0 Å². The predicted molar refractivity (Wildman–Crippen MR) is 113 cm³/mol. The Balaban J connectivity index is 1.96. The van der Waals surface area contributed by atoms with E-state index < -0.39 is 17.7 Å². The number of hydrogen-bond acceptors (Lipinski definition) is 7. The maximum absolute atomic E-state index is 13.0. The molecule has 1 aromatic heterocycles. The van der Waals surface area contributed by atoms with Crippen LogP contribution >= 0.6 is 0 Å². The van der Waals surface area contributed by atoms with Crippen molar-refractivity contribution >= 4 is 23.4 Å². The Morgan fingerprint density at radius 2 is 1.61 bits per heavy atom. The SMILES string of the molecule is COc1ccc(C2/C(=C(/O)c3ccccc3)C(=O)C(=O)N2c2ncccn2)cc1OC. The largest absolute Gasteiger partial charge is 0.507 e. The van der Waals surface area contributed by atoms with E-state index in [1.54, 1.807) is 54.6 Å². The summed E-state index contributed by atoms with van der Waals surface area (Å²) in [5.74, 6) is -0.979. The van der Waals surface area contributed by atoms with Gasteiger partial charge in [0.2, 0.25) is 5.95 Å². The molecule has 3 aromatic rings. The van der Waals surface area contributed by atoms with Crippen LogP contribution in [0.2, 0.25) is 0 Å². The van der Waals surface area contributed by atoms with E-state index in [-0.39, 0.29) is 17.3 Å². The van der Waals surface area contributed by atoms with Gasteiger partial charge in [0.25, 0.3) is 5.78 Å². The van der Waals surface area contributed by atoms with Crippen LogP contribution in [0.4, 0.5) is 5.95 Å². The molecule has 2 aromatic carbocycles. The molecule has 31 heavy (non-hydrogen) atoms. The number of aromatic nitrogens is 2. The molecule has 1 atom stereocenters. The highest BCUT2D eigenvalue weighted by Gasteiger charge is 2.48. The van der Waals surface area contributed by atoms with Gasteiger partial charge in [0.05, 0.1) is 25.8 Å². The first-order chi connectivity index (χ1) is 15.1. The highest BCUT2D eigenvalue weighted by Crippen LogP contribution is 2.43. The highest BCUT2D eigenvalue weighted by molar-refractivity contribution is 6.51. The standard InChI is InChI=1S/C23H19N3O5/c1-30-16-10-9-15(13-17(16)31-2)19-18(20(27)14-7-4-3-5-8-14)21(28)22(29)26(19)23-24-11-6-12-25-23/h3-13,19,27H,1-2H3/b20-18-. The van der Waals surface area contributed by atoms with Crippen LogP contribution in [0.15, 0.2) is 72.6 Å². The smallest absolute Gasteiger partial charge is 0.302 e. The number of rotatable bonds is 5. The number of benzene rings is 2. The molecule has 4 rings (SSSR count). The van der Waals surface area contributed by atoms with Crippen LogP contribution < -0.4 is 14.4 Å². The third-order valence-electron chi connectivity index (χ3n) is 4.98. The number of hydrogen-bond donors (Lipinski definition) is 1. The molecular formula is C23H19N3O5. The zero-order valence-electron chi connectivity index (χ0n) is 16.9. The second-order valence-electron chi connectivity index (χ2n) is 6.70. The zero-order valence-corrected chi connectivity index (χ0v) is 16.9. The molecule has 0 bridgehead atoms. The van der Waals surface area contributed by atoms with Gasteiger partial charge in [-0.1, -0.05) is 36.4 Å². The lowest BCUT2D eigenvalue weighted by Gasteiger charge is -2.24. The third kappa shape index (κ3) is 3.48. The molecule has 1 amide bonds. The Bertz CT molecular complexity index is 1160. The van der Waals surface area contributed by atoms with E-state index in [1.165, 1.54) is 31.5 Å². The number of ketones is 1. The van der Waals surface area contributed by atoms with Crippen molar-refractivity contribution in [2.75, 3.05) is 19.1 Å². The minimum absolute atomic E-state index is 0.0523. The Morgan fingerprint density at radius 1 is 0.935 bits per heavy atom. The second-order valence-corrected chi connectivity index (χ2v) is 6.70. The molecule has 1 N–H and O–H groups in total. The predicted octanol–water partition coefficient (Wildman–Crippen LogP) is 3.12. The number of nitrogens with zero attached hydrogens (tertiary/aromatic N) is 3. The number of Topliss-reactive ketones (excluding diaryl/α,β-unsaturated/α-hetero) is 1. The maximum Gasteiger partial charge on any atom is 0.302 e. The first-order valence-electron chi connectivity index (χ1n) is 9.42. The maximum atomic E-state index is 13.0. The number of methoxy groups -OCH3 is 2. The Morgan fingerprint density at radius 3 is 2.26 bits per heavy atom. The second kappa shape index (κ2) is 8.27. The van der Waals surface area contributed by atoms with Crippen LogP contribution in [0.1, 0.15) is 17.2 Å². The molecule has 8 heteroatoms. The number of aliphatic hydroxyl groups is 1. The number of carbonyl (C=O) groups excluding carboxylic acids is 2. The first-order valence-corrected chi connectivity index (χ1v) is 9.42. The molecule has 0 saturated carbocycles. The number of aliphatic hydroxyl groups excluding tert-OH is 1. The van der Waals surface area contributed by atoms with Gasteiger partial charge in [0.15, 0.2) is 11.5 Å². The molecule has 0 spiro atoms. The molecule has 0 aliphatic carbocycles. The first kappa shape index (κ1) is 20.1. The van der Waals surface area contributed by atoms with Crippen LogP contribution in [-0.2, 0) is 9.59 Å². The van der Waals surface area contributed by atoms with Gasteiger partial charge in [0, 0.05) is 18.0 Å². The summed E-state index contributed by atoms with van der Waals surface area (Å²) in [4.78, 5) is 35.5. The van der Waals surface area contributed by atoms with Gasteiger partial charge in [-0.3, -0.25) is 14.5 Å². The average Bonchev–Trinajstić information content (AvgIpc) is 3.09. The average molecular weight is 417 g/mol. The van der Waals surface area contributed by atoms with Crippen LogP contribution in [0.25, 0.3) is 5.76 Å². The van der Waals surface area contributed by atoms with Crippen molar-refractivity contribution in [2.45, 2.75) is 6.04 Å². The number of carbonyl (C=O) groups is 2. The zero-order chi connectivity index (χ0) is 22.0. The molecule has 8 nitrogen and oxygen atoms in total. The highest BCUT2D eigenvalue weighted by atomic mass is 16.5. The topological polar surface area (TPSA) is 102 Å². The minimum Gasteiger partial charge on any atom is -0.507 e. The normalized spacial score (nSPS) is 17.6. The number of ether oxygens (including phenoxy) is 2. The van der Waals surface area contributed by atoms with E-state index in [4.69, 9.17) is 9.47 Å². The summed E-state index contributed by atoms with van der Waals surface area (Å²) in [6.07, 6.45) is 2.95. The van der Waals surface area contributed by atoms with E-state index in [9.17, 15) is 14.7 Å². The molecule has 0 radical (unpaired) electrons. The van der Waals surface area contributed by atoms with Crippen LogP contribution in [0.3, 0.4) is 0 Å². The summed E-state index contributed by atoms with van der Waals surface area (Å²) in [5, 5.41) is 11.0. The molecule has 1 aliphatic rings. The molecular weight excluding hydrogens is 398 g/mol. The van der Waals surface area contributed by atoms with Crippen molar-refractivity contribution in [3.63, 3.8) is 0 Å². The fourth-order valence-corrected chi connectivity index (χ4v) is 3.54. The summed E-state index contributed by atoms with van der Waals surface area (Å²) in [7, 11) is 3.00. The molecule has 1 unspecified atom stereocenters. The molecule has 156 valence electrons. The van der Waals surface area contributed by atoms with Gasteiger partial charge in [-0.05, 0) is 23.8 Å². The lowest BCUT2D eigenvalue weighted by atomic mass is 9.95. The van der Waals surface area contributed by atoms with E-state index in [2.05, 4.69) is 9.97 Å². The van der Waals surface area contributed by atoms with Crippen molar-refractivity contribution in [1.82, 2.24) is 9.97 Å². The lowest BCUT2D eigenvalue weighted by Crippen LogP contribution is -2.31. The quantitative estimate of drug-likeness (QED) is 0.387. The van der Waals surface area contributed by atoms with Crippen LogP contribution in [-0.4, -0.2) is 41.0 Å². The van der Waals surface area contributed by atoms with Gasteiger partial charge in [-0.25, -0.2) is 9.97 Å². The summed E-state index contributed by atoms with van der Waals surface area (Å²) in [6.45, 7) is 0. The minimum atomic E-state index is -0.956. The van der Waals surface area contributed by atoms with E-state index in [1.807, 2.05) is 0 Å². The van der Waals surface area contributed by atoms with Gasteiger partial charge in [0.1, 0.15) is 5.76 Å². The van der Waals surface area contributed by atoms with Crippen molar-refractivity contribution in [2.24, 2.45) is 0 Å². The lowest BCUT2D eigenvalue weighted by molar-refractivity contribution is -0.132. The van der Waals surface area contributed by atoms with Gasteiger partial charge < -0.3 is 14.6 Å². The van der Waals surface area contributed by atoms with E-state index in [0.29, 0.717) is 22.6 Å². The fraction of sp³-hybridized carbons (Fsp3) is 0.130. The van der Waals surface area contributed by atoms with Crippen molar-refractivity contribution < 1.29 is 24.2 Å². The Labute approximate surface area is 178 Å². The Hall–Kier alpha value is -4.20. The molecule has 2 heterocycles. The third-order valence-corrected chi connectivity index (χ3v) is 4.98. The van der Waals surface area contributed by atoms with Gasteiger partial charge in [-0.2, -0.15) is 0 Å². The number of anilines is 1. The van der Waals surface area contributed by atoms with Crippen molar-refractivity contribution in [1.29, 1.82) is 0 Å². The number of amides is 1. The van der Waals surface area contributed by atoms with Crippen molar-refractivity contribution in [3.05, 3.63) is 83.7 Å². The van der Waals surface area contributed by atoms with Gasteiger partial charge >= 0.3 is 5.91 Å². The Kier molecular flexibility index (Phi) is 5.36. The van der Waals surface area contributed by atoms with Crippen LogP contribution in [0, 0.1) is 0 Å². The van der Waals surface area contributed by atoms with Crippen LogP contribution in [0.5, 0.6) is 11.5 Å². The summed E-state index contributed by atoms with van der Waals surface area (Å²) in [5.41, 5.74) is 0.887. The van der Waals surface area contributed by atoms with E-state index in [0.717, 1.165) is 0 Å².